The van der Waals surface area contributed by atoms with Crippen LogP contribution in [0.25, 0.3) is 0 Å². The van der Waals surface area contributed by atoms with E-state index in [0.29, 0.717) is 17.8 Å². The standard InChI is InChI=1S/C15H19N3O3/c1-4-13-14(17-11(2)19)7-5-8-15(13)18(10-6-9-16)21-12(3)20/h5,7-8H,4,6,10H2,1-3H3,(H,17,19). The minimum Gasteiger partial charge on any atom is -0.341 e. The van der Waals surface area contributed by atoms with Gasteiger partial charge in [-0.15, -0.1) is 0 Å². The molecule has 0 fully saturated rings. The van der Waals surface area contributed by atoms with E-state index in [1.54, 1.807) is 18.2 Å². The molecule has 0 spiro atoms. The van der Waals surface area contributed by atoms with Crippen molar-refractivity contribution in [3.63, 3.8) is 0 Å². The molecule has 0 saturated carbocycles. The van der Waals surface area contributed by atoms with Crippen LogP contribution in [0.15, 0.2) is 18.2 Å². The molecule has 1 aromatic rings. The number of benzene rings is 1. The molecule has 6 heteroatoms. The summed E-state index contributed by atoms with van der Waals surface area (Å²) in [6, 6.07) is 7.38. The summed E-state index contributed by atoms with van der Waals surface area (Å²) in [6.07, 6.45) is 0.872. The average Bonchev–Trinajstić information content (AvgIpc) is 2.42. The minimum absolute atomic E-state index is 0.169. The Morgan fingerprint density at radius 3 is 2.62 bits per heavy atom. The lowest BCUT2D eigenvalue weighted by Gasteiger charge is -2.25. The maximum absolute atomic E-state index is 11.3. The summed E-state index contributed by atoms with van der Waals surface area (Å²) in [5.41, 5.74) is 2.21. The van der Waals surface area contributed by atoms with Crippen LogP contribution < -0.4 is 10.4 Å². The Kier molecular flexibility index (Phi) is 6.21. The van der Waals surface area contributed by atoms with Crippen LogP contribution in [0.1, 0.15) is 32.8 Å². The van der Waals surface area contributed by atoms with Gasteiger partial charge in [-0.05, 0) is 18.6 Å². The van der Waals surface area contributed by atoms with E-state index in [9.17, 15) is 9.59 Å². The van der Waals surface area contributed by atoms with Crippen molar-refractivity contribution >= 4 is 23.3 Å². The van der Waals surface area contributed by atoms with Gasteiger partial charge in [-0.2, -0.15) is 5.26 Å². The van der Waals surface area contributed by atoms with Crippen LogP contribution in [-0.2, 0) is 20.8 Å². The number of hydrogen-bond acceptors (Lipinski definition) is 5. The maximum Gasteiger partial charge on any atom is 0.329 e. The Balaban J connectivity index is 3.19. The average molecular weight is 289 g/mol. The third-order valence-electron chi connectivity index (χ3n) is 2.75. The highest BCUT2D eigenvalue weighted by Crippen LogP contribution is 2.29. The number of anilines is 2. The molecule has 0 unspecified atom stereocenters. The van der Waals surface area contributed by atoms with Crippen LogP contribution in [0.5, 0.6) is 0 Å². The molecule has 6 nitrogen and oxygen atoms in total. The van der Waals surface area contributed by atoms with E-state index in [2.05, 4.69) is 5.32 Å². The molecule has 0 aliphatic carbocycles. The SMILES string of the molecule is CCc1c(NC(C)=O)cccc1N(CCC#N)OC(C)=O. The van der Waals surface area contributed by atoms with E-state index in [-0.39, 0.29) is 18.9 Å². The van der Waals surface area contributed by atoms with E-state index in [1.165, 1.54) is 18.9 Å². The molecule has 0 radical (unpaired) electrons. The third-order valence-corrected chi connectivity index (χ3v) is 2.75. The van der Waals surface area contributed by atoms with Gasteiger partial charge in [-0.25, -0.2) is 5.06 Å². The number of nitrogens with one attached hydrogen (secondary N) is 1. The summed E-state index contributed by atoms with van der Waals surface area (Å²) in [4.78, 5) is 27.7. The molecule has 1 rings (SSSR count). The van der Waals surface area contributed by atoms with Crippen LogP contribution in [-0.4, -0.2) is 18.4 Å². The Bertz CT molecular complexity index is 564. The maximum atomic E-state index is 11.3. The van der Waals surface area contributed by atoms with E-state index in [0.717, 1.165) is 5.56 Å². The van der Waals surface area contributed by atoms with Crippen LogP contribution in [0.4, 0.5) is 11.4 Å². The lowest BCUT2D eigenvalue weighted by Crippen LogP contribution is -2.28. The first-order valence-electron chi connectivity index (χ1n) is 6.72. The zero-order valence-electron chi connectivity index (χ0n) is 12.5. The molecule has 1 aromatic carbocycles. The van der Waals surface area contributed by atoms with Gasteiger partial charge >= 0.3 is 5.97 Å². The number of nitriles is 1. The molecule has 112 valence electrons. The van der Waals surface area contributed by atoms with E-state index < -0.39 is 5.97 Å². The molecular weight excluding hydrogens is 270 g/mol. The third kappa shape index (κ3) is 4.80. The zero-order valence-corrected chi connectivity index (χ0v) is 12.5. The van der Waals surface area contributed by atoms with Crippen molar-refractivity contribution in [3.05, 3.63) is 23.8 Å². The fraction of sp³-hybridized carbons (Fsp3) is 0.400. The second-order valence-corrected chi connectivity index (χ2v) is 4.43. The predicted octanol–water partition coefficient (Wildman–Crippen LogP) is 2.41. The van der Waals surface area contributed by atoms with Crippen molar-refractivity contribution in [2.24, 2.45) is 0 Å². The van der Waals surface area contributed by atoms with Crippen LogP contribution in [0, 0.1) is 11.3 Å². The van der Waals surface area contributed by atoms with Gasteiger partial charge in [-0.3, -0.25) is 9.59 Å². The van der Waals surface area contributed by atoms with E-state index >= 15 is 0 Å². The number of carbonyl (C=O) groups excluding carboxylic acids is 2. The van der Waals surface area contributed by atoms with Crippen molar-refractivity contribution in [2.75, 3.05) is 16.9 Å². The molecule has 0 bridgehead atoms. The normalized spacial score (nSPS) is 9.62. The van der Waals surface area contributed by atoms with Crippen LogP contribution >= 0.6 is 0 Å². The smallest absolute Gasteiger partial charge is 0.329 e. The molecular formula is C15H19N3O3. The summed E-state index contributed by atoms with van der Waals surface area (Å²) in [7, 11) is 0. The lowest BCUT2D eigenvalue weighted by atomic mass is 10.1. The fourth-order valence-corrected chi connectivity index (χ4v) is 2.01. The summed E-state index contributed by atoms with van der Waals surface area (Å²) >= 11 is 0. The van der Waals surface area contributed by atoms with Gasteiger partial charge in [0.15, 0.2) is 0 Å². The highest BCUT2D eigenvalue weighted by Gasteiger charge is 2.16. The largest absolute Gasteiger partial charge is 0.341 e. The second-order valence-electron chi connectivity index (χ2n) is 4.43. The molecule has 0 aliphatic heterocycles. The summed E-state index contributed by atoms with van der Waals surface area (Å²) in [5, 5.41) is 12.9. The van der Waals surface area contributed by atoms with Gasteiger partial charge in [0.2, 0.25) is 5.91 Å². The molecule has 1 N–H and O–H groups in total. The number of carbonyl (C=O) groups is 2. The summed E-state index contributed by atoms with van der Waals surface area (Å²) in [6.45, 7) is 4.96. The van der Waals surface area contributed by atoms with Gasteiger partial charge in [0.05, 0.1) is 24.7 Å². The van der Waals surface area contributed by atoms with E-state index in [1.807, 2.05) is 13.0 Å². The molecule has 21 heavy (non-hydrogen) atoms. The number of amides is 1. The van der Waals surface area contributed by atoms with Crippen LogP contribution in [0.3, 0.4) is 0 Å². The molecule has 0 heterocycles. The first kappa shape index (κ1) is 16.5. The Hall–Kier alpha value is -2.55. The predicted molar refractivity (Wildman–Crippen MR) is 79.5 cm³/mol. The number of hydroxylamine groups is 1. The highest BCUT2D eigenvalue weighted by molar-refractivity contribution is 5.90. The quantitative estimate of drug-likeness (QED) is 0.813. The van der Waals surface area contributed by atoms with Crippen molar-refractivity contribution in [2.45, 2.75) is 33.6 Å². The summed E-state index contributed by atoms with van der Waals surface area (Å²) in [5.74, 6) is -0.627. The fourth-order valence-electron chi connectivity index (χ4n) is 2.01. The Morgan fingerprint density at radius 2 is 2.10 bits per heavy atom. The lowest BCUT2D eigenvalue weighted by molar-refractivity contribution is -0.142. The number of nitrogens with zero attached hydrogens (tertiary/aromatic N) is 2. The Labute approximate surface area is 124 Å². The van der Waals surface area contributed by atoms with Crippen LogP contribution in [0.2, 0.25) is 0 Å². The van der Waals surface area contributed by atoms with Crippen molar-refractivity contribution in [3.8, 4) is 6.07 Å². The monoisotopic (exact) mass is 289 g/mol. The number of hydrogen-bond donors (Lipinski definition) is 1. The highest BCUT2D eigenvalue weighted by atomic mass is 16.7. The molecule has 1 amide bonds. The second kappa shape index (κ2) is 7.90. The number of rotatable bonds is 6. The van der Waals surface area contributed by atoms with Crippen molar-refractivity contribution in [1.82, 2.24) is 0 Å². The van der Waals surface area contributed by atoms with Crippen molar-refractivity contribution < 1.29 is 14.4 Å². The first-order chi connectivity index (χ1) is 9.99. The zero-order chi connectivity index (χ0) is 15.8. The Morgan fingerprint density at radius 1 is 1.38 bits per heavy atom. The topological polar surface area (TPSA) is 82.4 Å². The van der Waals surface area contributed by atoms with Gasteiger partial charge in [0.25, 0.3) is 0 Å². The van der Waals surface area contributed by atoms with E-state index in [4.69, 9.17) is 10.1 Å². The van der Waals surface area contributed by atoms with Gasteiger partial charge < -0.3 is 10.2 Å². The molecule has 0 aliphatic rings. The summed E-state index contributed by atoms with van der Waals surface area (Å²) < 4.78 is 0. The van der Waals surface area contributed by atoms with Gasteiger partial charge in [0, 0.05) is 25.1 Å². The van der Waals surface area contributed by atoms with Gasteiger partial charge in [0.1, 0.15) is 0 Å². The van der Waals surface area contributed by atoms with Gasteiger partial charge in [-0.1, -0.05) is 13.0 Å². The molecule has 0 atom stereocenters. The minimum atomic E-state index is -0.458. The molecule has 0 saturated heterocycles. The van der Waals surface area contributed by atoms with Crippen molar-refractivity contribution in [1.29, 1.82) is 5.26 Å². The molecule has 0 aromatic heterocycles. The first-order valence-corrected chi connectivity index (χ1v) is 6.72.